The zero-order valence-corrected chi connectivity index (χ0v) is 18.1. The van der Waals surface area contributed by atoms with Crippen molar-refractivity contribution in [1.82, 2.24) is 0 Å². The van der Waals surface area contributed by atoms with Crippen LogP contribution >= 0.6 is 0 Å². The van der Waals surface area contributed by atoms with Gasteiger partial charge in [-0.15, -0.1) is 0 Å². The normalized spacial score (nSPS) is 17.8. The maximum absolute atomic E-state index is 13.4. The van der Waals surface area contributed by atoms with Gasteiger partial charge in [0.2, 0.25) is 12.5 Å². The first kappa shape index (κ1) is 20.2. The van der Waals surface area contributed by atoms with Crippen molar-refractivity contribution in [1.29, 1.82) is 0 Å². The molecule has 0 spiro atoms. The highest BCUT2D eigenvalue weighted by Gasteiger charge is 2.45. The maximum Gasteiger partial charge on any atom is 0.344 e. The summed E-state index contributed by atoms with van der Waals surface area (Å²) in [7, 11) is 1.52. The fourth-order valence-corrected chi connectivity index (χ4v) is 4.49. The highest BCUT2D eigenvalue weighted by molar-refractivity contribution is 5.97. The van der Waals surface area contributed by atoms with E-state index in [1.54, 1.807) is 42.5 Å². The first-order valence-corrected chi connectivity index (χ1v) is 10.7. The number of hydrogen-bond donors (Lipinski definition) is 1. The van der Waals surface area contributed by atoms with Gasteiger partial charge in [-0.25, -0.2) is 4.79 Å². The van der Waals surface area contributed by atoms with Crippen LogP contribution in [0.1, 0.15) is 17.0 Å². The van der Waals surface area contributed by atoms with Gasteiger partial charge in [0.25, 0.3) is 5.91 Å². The molecule has 3 aromatic carbocycles. The number of rotatable bonds is 4. The number of carbonyl (C=O) groups excluding carboxylic acids is 1. The highest BCUT2D eigenvalue weighted by Crippen LogP contribution is 2.49. The third kappa shape index (κ3) is 3.14. The Morgan fingerprint density at radius 3 is 2.62 bits per heavy atom. The Bertz CT molecular complexity index is 1480. The van der Waals surface area contributed by atoms with E-state index in [2.05, 4.69) is 5.32 Å². The minimum absolute atomic E-state index is 0.0532. The van der Waals surface area contributed by atoms with Gasteiger partial charge in [0.05, 0.1) is 24.0 Å². The van der Waals surface area contributed by atoms with Crippen molar-refractivity contribution in [2.24, 2.45) is 0 Å². The summed E-state index contributed by atoms with van der Waals surface area (Å²) in [4.78, 5) is 26.6. The number of ether oxygens (including phenoxy) is 4. The Hall–Kier alpha value is -4.46. The van der Waals surface area contributed by atoms with Crippen LogP contribution in [0.5, 0.6) is 23.0 Å². The van der Waals surface area contributed by atoms with E-state index in [0.717, 1.165) is 0 Å². The molecule has 34 heavy (non-hydrogen) atoms. The lowest BCUT2D eigenvalue weighted by molar-refractivity contribution is -0.122. The number of anilines is 1. The van der Waals surface area contributed by atoms with Crippen molar-refractivity contribution >= 4 is 22.6 Å². The molecule has 0 saturated heterocycles. The molecule has 2 aliphatic rings. The zero-order chi connectivity index (χ0) is 23.2. The quantitative estimate of drug-likeness (QED) is 0.462. The largest absolute Gasteiger partial charge is 0.493 e. The van der Waals surface area contributed by atoms with E-state index in [1.807, 2.05) is 24.3 Å². The van der Waals surface area contributed by atoms with Gasteiger partial charge in [-0.3, -0.25) is 4.79 Å². The Kier molecular flexibility index (Phi) is 4.65. The van der Waals surface area contributed by atoms with E-state index in [-0.39, 0.29) is 12.4 Å². The number of methoxy groups -OCH3 is 1. The average molecular weight is 457 g/mol. The lowest BCUT2D eigenvalue weighted by atomic mass is 9.87. The molecule has 170 valence electrons. The van der Waals surface area contributed by atoms with Gasteiger partial charge in [-0.1, -0.05) is 30.3 Å². The summed E-state index contributed by atoms with van der Waals surface area (Å²) in [5.41, 5.74) is 1.32. The predicted molar refractivity (Wildman–Crippen MR) is 123 cm³/mol. The molecule has 8 heteroatoms. The van der Waals surface area contributed by atoms with Crippen molar-refractivity contribution in [3.05, 3.63) is 88.3 Å². The minimum atomic E-state index is -1.03. The summed E-state index contributed by atoms with van der Waals surface area (Å²) in [6.45, 7) is 0.0532. The Morgan fingerprint density at radius 2 is 1.79 bits per heavy atom. The number of hydrogen-bond acceptors (Lipinski definition) is 7. The molecule has 8 nitrogen and oxygen atoms in total. The Labute approximate surface area is 193 Å². The van der Waals surface area contributed by atoms with E-state index in [4.69, 9.17) is 23.4 Å². The third-order valence-corrected chi connectivity index (χ3v) is 6.00. The molecule has 6 rings (SSSR count). The second kappa shape index (κ2) is 7.84. The van der Waals surface area contributed by atoms with Gasteiger partial charge in [-0.05, 0) is 42.0 Å². The smallest absolute Gasteiger partial charge is 0.344 e. The van der Waals surface area contributed by atoms with Crippen molar-refractivity contribution in [3.63, 3.8) is 0 Å². The summed E-state index contributed by atoms with van der Waals surface area (Å²) >= 11 is 0. The zero-order valence-electron chi connectivity index (χ0n) is 18.1. The third-order valence-electron chi connectivity index (χ3n) is 6.00. The first-order chi connectivity index (χ1) is 16.6. The highest BCUT2D eigenvalue weighted by atomic mass is 16.7. The van der Waals surface area contributed by atoms with Crippen LogP contribution in [0, 0.1) is 0 Å². The summed E-state index contributed by atoms with van der Waals surface area (Å²) in [5, 5.41) is 3.50. The molecule has 0 fully saturated rings. The number of carbonyl (C=O) groups is 1. The van der Waals surface area contributed by atoms with Crippen LogP contribution < -0.4 is 29.9 Å². The fourth-order valence-electron chi connectivity index (χ4n) is 4.49. The van der Waals surface area contributed by atoms with Crippen molar-refractivity contribution in [2.45, 2.75) is 12.0 Å². The topological polar surface area (TPSA) is 96.2 Å². The minimum Gasteiger partial charge on any atom is -0.493 e. The summed E-state index contributed by atoms with van der Waals surface area (Å²) in [6.07, 6.45) is -1.03. The first-order valence-electron chi connectivity index (χ1n) is 10.7. The van der Waals surface area contributed by atoms with E-state index < -0.39 is 23.6 Å². The molecule has 4 aromatic rings. The van der Waals surface area contributed by atoms with Crippen molar-refractivity contribution in [2.75, 3.05) is 19.2 Å². The number of para-hydroxylation sites is 2. The predicted octanol–water partition coefficient (Wildman–Crippen LogP) is 4.06. The Balaban J connectivity index is 1.53. The summed E-state index contributed by atoms with van der Waals surface area (Å²) < 4.78 is 28.4. The van der Waals surface area contributed by atoms with Crippen molar-refractivity contribution < 1.29 is 28.2 Å². The number of fused-ring (bicyclic) bond motifs is 4. The van der Waals surface area contributed by atoms with E-state index in [9.17, 15) is 9.59 Å². The van der Waals surface area contributed by atoms with Gasteiger partial charge in [0.15, 0.2) is 17.6 Å². The van der Waals surface area contributed by atoms with E-state index in [0.29, 0.717) is 45.2 Å². The second-order valence-electron chi connectivity index (χ2n) is 7.96. The van der Waals surface area contributed by atoms with Gasteiger partial charge in [-0.2, -0.15) is 0 Å². The van der Waals surface area contributed by atoms with Crippen LogP contribution in [-0.4, -0.2) is 25.9 Å². The molecule has 0 bridgehead atoms. The molecular formula is C26H19NO7. The van der Waals surface area contributed by atoms with Gasteiger partial charge < -0.3 is 28.7 Å². The SMILES string of the molecule is COc1cc([C@@H]2c3c(c4ccccc4oc3=O)O[C@H]2C(=O)Nc2ccccc2)cc2c1OCO2. The van der Waals surface area contributed by atoms with E-state index in [1.165, 1.54) is 7.11 Å². The molecule has 2 atom stereocenters. The second-order valence-corrected chi connectivity index (χ2v) is 7.96. The van der Waals surface area contributed by atoms with E-state index >= 15 is 0 Å². The maximum atomic E-state index is 13.4. The molecule has 0 unspecified atom stereocenters. The van der Waals surface area contributed by atoms with Crippen LogP contribution in [-0.2, 0) is 4.79 Å². The summed E-state index contributed by atoms with van der Waals surface area (Å²) in [5.74, 6) is 0.555. The fraction of sp³-hybridized carbons (Fsp3) is 0.154. The molecule has 1 amide bonds. The van der Waals surface area contributed by atoms with Crippen LogP contribution in [0.2, 0.25) is 0 Å². The monoisotopic (exact) mass is 457 g/mol. The molecule has 0 aliphatic carbocycles. The molecule has 1 aromatic heterocycles. The standard InChI is InChI=1S/C26H19NO7/c1-30-18-11-14(12-19-23(18)32-13-31-19)20-21-22(16-9-5-6-10-17(16)33-26(21)29)34-24(20)25(28)27-15-7-3-2-4-8-15/h2-12,20,24H,13H2,1H3,(H,27,28)/t20-,24-/m1/s1. The van der Waals surface area contributed by atoms with Crippen LogP contribution in [0.4, 0.5) is 5.69 Å². The molecule has 0 radical (unpaired) electrons. The number of nitrogens with one attached hydrogen (secondary N) is 1. The number of amides is 1. The van der Waals surface area contributed by atoms with Crippen LogP contribution in [0.15, 0.2) is 75.9 Å². The molecule has 3 heterocycles. The lowest BCUT2D eigenvalue weighted by Crippen LogP contribution is -2.35. The summed E-state index contributed by atoms with van der Waals surface area (Å²) in [6, 6.07) is 19.6. The van der Waals surface area contributed by atoms with Crippen molar-refractivity contribution in [3.8, 4) is 23.0 Å². The molecule has 1 N–H and O–H groups in total. The van der Waals surface area contributed by atoms with Crippen LogP contribution in [0.25, 0.3) is 11.0 Å². The molecular weight excluding hydrogens is 438 g/mol. The average Bonchev–Trinajstić information content (AvgIpc) is 3.50. The Morgan fingerprint density at radius 1 is 1.00 bits per heavy atom. The lowest BCUT2D eigenvalue weighted by Gasteiger charge is -2.20. The molecule has 0 saturated carbocycles. The number of benzene rings is 3. The van der Waals surface area contributed by atoms with Gasteiger partial charge in [0, 0.05) is 5.69 Å². The van der Waals surface area contributed by atoms with Crippen LogP contribution in [0.3, 0.4) is 0 Å². The molecule has 2 aliphatic heterocycles. The van der Waals surface area contributed by atoms with Gasteiger partial charge >= 0.3 is 5.63 Å². The van der Waals surface area contributed by atoms with Gasteiger partial charge in [0.1, 0.15) is 11.3 Å².